The number of rotatable bonds is 5. The number of halogens is 1. The molecule has 2 unspecified atom stereocenters. The van der Waals surface area contributed by atoms with Gasteiger partial charge in [-0.1, -0.05) is 6.92 Å². The summed E-state index contributed by atoms with van der Waals surface area (Å²) in [5, 5.41) is 1.94. The first-order valence-electron chi connectivity index (χ1n) is 4.69. The van der Waals surface area contributed by atoms with Crippen LogP contribution in [0.2, 0.25) is 0 Å². The molecular formula is C10H13BrO3S2. The molecule has 0 saturated carbocycles. The molecule has 1 heterocycles. The van der Waals surface area contributed by atoms with Crippen LogP contribution in [0.25, 0.3) is 0 Å². The molecule has 0 N–H and O–H groups in total. The van der Waals surface area contributed by atoms with Crippen LogP contribution in [0.3, 0.4) is 0 Å². The van der Waals surface area contributed by atoms with Crippen molar-refractivity contribution in [1.82, 2.24) is 0 Å². The summed E-state index contributed by atoms with van der Waals surface area (Å²) in [5.74, 6) is 0.208. The minimum absolute atomic E-state index is 0.307. The van der Waals surface area contributed by atoms with Crippen LogP contribution in [-0.4, -0.2) is 23.0 Å². The van der Waals surface area contributed by atoms with E-state index in [9.17, 15) is 9.00 Å². The summed E-state index contributed by atoms with van der Waals surface area (Å²) in [6, 6.07) is 1.93. The second kappa shape index (κ2) is 6.51. The van der Waals surface area contributed by atoms with Crippen LogP contribution in [-0.2, 0) is 26.1 Å². The molecule has 0 aromatic carbocycles. The SMILES string of the molecule is COC(=O)C(C)CS(=O)Cc1sccc1Br. The quantitative estimate of drug-likeness (QED) is 0.782. The second-order valence-electron chi connectivity index (χ2n) is 3.37. The number of hydrogen-bond acceptors (Lipinski definition) is 4. The zero-order valence-electron chi connectivity index (χ0n) is 9.07. The van der Waals surface area contributed by atoms with E-state index in [0.717, 1.165) is 9.35 Å². The van der Waals surface area contributed by atoms with Crippen molar-refractivity contribution in [2.45, 2.75) is 12.7 Å². The molecule has 0 bridgehead atoms. The summed E-state index contributed by atoms with van der Waals surface area (Å²) in [7, 11) is 0.312. The minimum Gasteiger partial charge on any atom is -0.469 e. The summed E-state index contributed by atoms with van der Waals surface area (Å²) in [6.45, 7) is 1.73. The van der Waals surface area contributed by atoms with Gasteiger partial charge in [0, 0.05) is 25.9 Å². The topological polar surface area (TPSA) is 43.4 Å². The fraction of sp³-hybridized carbons (Fsp3) is 0.500. The molecule has 0 saturated heterocycles. The van der Waals surface area contributed by atoms with Crippen molar-refractivity contribution in [2.24, 2.45) is 5.92 Å². The van der Waals surface area contributed by atoms with E-state index >= 15 is 0 Å². The Bertz CT molecular complexity index is 389. The Morgan fingerprint density at radius 2 is 2.38 bits per heavy atom. The van der Waals surface area contributed by atoms with Gasteiger partial charge >= 0.3 is 5.97 Å². The Hall–Kier alpha value is -0.200. The zero-order chi connectivity index (χ0) is 12.1. The van der Waals surface area contributed by atoms with Crippen LogP contribution >= 0.6 is 27.3 Å². The molecule has 16 heavy (non-hydrogen) atoms. The van der Waals surface area contributed by atoms with E-state index in [1.807, 2.05) is 11.4 Å². The minimum atomic E-state index is -1.03. The molecule has 0 fully saturated rings. The van der Waals surface area contributed by atoms with Crippen molar-refractivity contribution in [3.05, 3.63) is 20.8 Å². The smallest absolute Gasteiger partial charge is 0.309 e. The largest absolute Gasteiger partial charge is 0.469 e. The molecule has 0 aliphatic rings. The van der Waals surface area contributed by atoms with Gasteiger partial charge in [-0.2, -0.15) is 0 Å². The van der Waals surface area contributed by atoms with Crippen LogP contribution < -0.4 is 0 Å². The van der Waals surface area contributed by atoms with E-state index in [4.69, 9.17) is 0 Å². The van der Waals surface area contributed by atoms with E-state index < -0.39 is 10.8 Å². The lowest BCUT2D eigenvalue weighted by atomic mass is 10.2. The fourth-order valence-electron chi connectivity index (χ4n) is 1.18. The number of esters is 1. The van der Waals surface area contributed by atoms with Crippen molar-refractivity contribution < 1.29 is 13.7 Å². The highest BCUT2D eigenvalue weighted by Gasteiger charge is 2.17. The third kappa shape index (κ3) is 3.99. The summed E-state index contributed by atoms with van der Waals surface area (Å²) in [6.07, 6.45) is 0. The highest BCUT2D eigenvalue weighted by molar-refractivity contribution is 9.10. The number of carbonyl (C=O) groups excluding carboxylic acids is 1. The molecule has 6 heteroatoms. The molecule has 0 amide bonds. The van der Waals surface area contributed by atoms with Gasteiger partial charge in [0.1, 0.15) is 0 Å². The monoisotopic (exact) mass is 324 g/mol. The van der Waals surface area contributed by atoms with E-state index in [2.05, 4.69) is 20.7 Å². The zero-order valence-corrected chi connectivity index (χ0v) is 12.3. The van der Waals surface area contributed by atoms with Crippen molar-refractivity contribution in [1.29, 1.82) is 0 Å². The summed E-state index contributed by atoms with van der Waals surface area (Å²) >= 11 is 4.95. The van der Waals surface area contributed by atoms with E-state index in [1.165, 1.54) is 7.11 Å². The average molecular weight is 325 g/mol. The molecule has 1 aromatic heterocycles. The highest BCUT2D eigenvalue weighted by atomic mass is 79.9. The lowest BCUT2D eigenvalue weighted by Crippen LogP contribution is -2.19. The predicted molar refractivity (Wildman–Crippen MR) is 69.9 cm³/mol. The van der Waals surface area contributed by atoms with Gasteiger partial charge in [0.15, 0.2) is 0 Å². The molecule has 90 valence electrons. The van der Waals surface area contributed by atoms with Crippen molar-refractivity contribution in [3.8, 4) is 0 Å². The standard InChI is InChI=1S/C10H13BrO3S2/c1-7(10(12)14-2)5-16(13)6-9-8(11)3-4-15-9/h3-4,7H,5-6H2,1-2H3. The van der Waals surface area contributed by atoms with Gasteiger partial charge in [-0.15, -0.1) is 11.3 Å². The van der Waals surface area contributed by atoms with E-state index in [1.54, 1.807) is 18.3 Å². The van der Waals surface area contributed by atoms with Crippen molar-refractivity contribution in [3.63, 3.8) is 0 Å². The van der Waals surface area contributed by atoms with Gasteiger partial charge in [0.2, 0.25) is 0 Å². The van der Waals surface area contributed by atoms with Crippen LogP contribution in [0.4, 0.5) is 0 Å². The first-order chi connectivity index (χ1) is 7.54. The normalized spacial score (nSPS) is 14.4. The number of ether oxygens (including phenoxy) is 1. The van der Waals surface area contributed by atoms with Crippen molar-refractivity contribution >= 4 is 44.0 Å². The first kappa shape index (κ1) is 13.9. The molecule has 0 radical (unpaired) electrons. The van der Waals surface area contributed by atoms with E-state index in [-0.39, 0.29) is 11.9 Å². The molecule has 1 rings (SSSR count). The Balaban J connectivity index is 2.48. The molecular weight excluding hydrogens is 312 g/mol. The highest BCUT2D eigenvalue weighted by Crippen LogP contribution is 2.24. The Labute approximate surface area is 110 Å². The Morgan fingerprint density at radius 3 is 2.88 bits per heavy atom. The molecule has 3 nitrogen and oxygen atoms in total. The molecule has 0 aliphatic heterocycles. The van der Waals surface area contributed by atoms with Gasteiger partial charge in [-0.25, -0.2) is 0 Å². The van der Waals surface area contributed by atoms with Crippen LogP contribution in [0.1, 0.15) is 11.8 Å². The van der Waals surface area contributed by atoms with E-state index in [0.29, 0.717) is 11.5 Å². The van der Waals surface area contributed by atoms with Crippen LogP contribution in [0.5, 0.6) is 0 Å². The van der Waals surface area contributed by atoms with Crippen LogP contribution in [0.15, 0.2) is 15.9 Å². The van der Waals surface area contributed by atoms with Crippen molar-refractivity contribution in [2.75, 3.05) is 12.9 Å². The van der Waals surface area contributed by atoms with Crippen LogP contribution in [0, 0.1) is 5.92 Å². The molecule has 0 spiro atoms. The molecule has 1 aromatic rings. The fourth-order valence-corrected chi connectivity index (χ4v) is 4.57. The molecule has 2 atom stereocenters. The van der Waals surface area contributed by atoms with Gasteiger partial charge < -0.3 is 4.74 Å². The Morgan fingerprint density at radius 1 is 1.69 bits per heavy atom. The third-order valence-electron chi connectivity index (χ3n) is 2.02. The van der Waals surface area contributed by atoms with Gasteiger partial charge in [-0.3, -0.25) is 9.00 Å². The maximum Gasteiger partial charge on any atom is 0.309 e. The maximum atomic E-state index is 11.8. The predicted octanol–water partition coefficient (Wildman–Crippen LogP) is 2.57. The number of carbonyl (C=O) groups is 1. The molecule has 0 aliphatic carbocycles. The van der Waals surface area contributed by atoms with Gasteiger partial charge in [0.05, 0.1) is 18.8 Å². The second-order valence-corrected chi connectivity index (χ2v) is 6.72. The summed E-state index contributed by atoms with van der Waals surface area (Å²) < 4.78 is 17.4. The number of thiophene rings is 1. The first-order valence-corrected chi connectivity index (χ1v) is 7.85. The average Bonchev–Trinajstić information content (AvgIpc) is 2.63. The summed E-state index contributed by atoms with van der Waals surface area (Å²) in [4.78, 5) is 12.2. The third-order valence-corrected chi connectivity index (χ3v) is 5.61. The lowest BCUT2D eigenvalue weighted by Gasteiger charge is -2.08. The summed E-state index contributed by atoms with van der Waals surface area (Å²) in [5.41, 5.74) is 0. The van der Waals surface area contributed by atoms with Gasteiger partial charge in [0.25, 0.3) is 0 Å². The number of methoxy groups -OCH3 is 1. The lowest BCUT2D eigenvalue weighted by molar-refractivity contribution is -0.144. The number of hydrogen-bond donors (Lipinski definition) is 0. The maximum absolute atomic E-state index is 11.8. The Kier molecular flexibility index (Phi) is 5.64. The van der Waals surface area contributed by atoms with Gasteiger partial charge in [-0.05, 0) is 27.4 Å².